The minimum atomic E-state index is -3.45. The smallest absolute Gasteiger partial charge is 0.304 e. The van der Waals surface area contributed by atoms with E-state index in [2.05, 4.69) is 0 Å². The Morgan fingerprint density at radius 2 is 1.83 bits per heavy atom. The van der Waals surface area contributed by atoms with E-state index in [4.69, 9.17) is 5.11 Å². The normalized spacial score (nSPS) is 11.7. The van der Waals surface area contributed by atoms with Crippen molar-refractivity contribution in [2.75, 3.05) is 13.6 Å². The van der Waals surface area contributed by atoms with Crippen molar-refractivity contribution in [3.63, 3.8) is 0 Å². The van der Waals surface area contributed by atoms with Gasteiger partial charge in [-0.1, -0.05) is 29.8 Å². The van der Waals surface area contributed by atoms with Gasteiger partial charge in [0.05, 0.1) is 12.2 Å². The molecule has 1 N–H and O–H groups in total. The number of carboxylic acids is 1. The van der Waals surface area contributed by atoms with Crippen LogP contribution in [0.3, 0.4) is 0 Å². The van der Waals surface area contributed by atoms with E-state index in [1.165, 1.54) is 7.05 Å². The highest BCUT2D eigenvalue weighted by Gasteiger charge is 2.18. The predicted octanol–water partition coefficient (Wildman–Crippen LogP) is 1.23. The van der Waals surface area contributed by atoms with Crippen LogP contribution in [-0.4, -0.2) is 37.4 Å². The van der Waals surface area contributed by atoms with E-state index in [1.807, 2.05) is 19.1 Å². The number of rotatable bonds is 6. The van der Waals surface area contributed by atoms with E-state index in [0.29, 0.717) is 5.56 Å². The molecule has 0 saturated heterocycles. The van der Waals surface area contributed by atoms with Gasteiger partial charge in [0.2, 0.25) is 10.0 Å². The summed E-state index contributed by atoms with van der Waals surface area (Å²) in [5, 5.41) is 8.53. The third-order valence-electron chi connectivity index (χ3n) is 2.59. The molecule has 0 saturated carbocycles. The lowest BCUT2D eigenvalue weighted by molar-refractivity contribution is -0.137. The number of aryl methyl sites for hydroxylation is 1. The number of sulfonamides is 1. The van der Waals surface area contributed by atoms with Crippen molar-refractivity contribution in [1.82, 2.24) is 4.31 Å². The third-order valence-corrected chi connectivity index (χ3v) is 4.42. The number of benzene rings is 1. The summed E-state index contributed by atoms with van der Waals surface area (Å²) in [6, 6.07) is 7.22. The van der Waals surface area contributed by atoms with E-state index in [0.717, 1.165) is 9.87 Å². The van der Waals surface area contributed by atoms with E-state index in [1.54, 1.807) is 12.1 Å². The molecule has 0 unspecified atom stereocenters. The molecular weight excluding hydrogens is 254 g/mol. The van der Waals surface area contributed by atoms with Gasteiger partial charge in [0.15, 0.2) is 0 Å². The second-order valence-electron chi connectivity index (χ2n) is 4.21. The molecule has 0 atom stereocenters. The van der Waals surface area contributed by atoms with Crippen molar-refractivity contribution >= 4 is 16.0 Å². The van der Waals surface area contributed by atoms with Crippen LogP contribution in [0.1, 0.15) is 17.5 Å². The maximum atomic E-state index is 11.9. The van der Waals surface area contributed by atoms with Crippen LogP contribution in [0.2, 0.25) is 0 Å². The molecule has 5 nitrogen and oxygen atoms in total. The van der Waals surface area contributed by atoms with Gasteiger partial charge in [-0.05, 0) is 12.5 Å². The molecule has 1 aromatic rings. The summed E-state index contributed by atoms with van der Waals surface area (Å²) in [6.45, 7) is 1.92. The van der Waals surface area contributed by atoms with E-state index in [-0.39, 0.29) is 18.7 Å². The highest BCUT2D eigenvalue weighted by molar-refractivity contribution is 7.88. The van der Waals surface area contributed by atoms with Crippen LogP contribution in [0.5, 0.6) is 0 Å². The van der Waals surface area contributed by atoms with Crippen molar-refractivity contribution in [2.45, 2.75) is 19.1 Å². The SMILES string of the molecule is Cc1ccc(CS(=O)(=O)N(C)CCC(=O)O)cc1. The standard InChI is InChI=1S/C12H17NO4S/c1-10-3-5-11(6-4-10)9-18(16,17)13(2)8-7-12(14)15/h3-6H,7-9H2,1-2H3,(H,14,15). The van der Waals surface area contributed by atoms with Gasteiger partial charge < -0.3 is 5.11 Å². The lowest BCUT2D eigenvalue weighted by atomic mass is 10.2. The lowest BCUT2D eigenvalue weighted by Crippen LogP contribution is -2.30. The molecule has 0 spiro atoms. The van der Waals surface area contributed by atoms with E-state index < -0.39 is 16.0 Å². The Morgan fingerprint density at radius 3 is 2.33 bits per heavy atom. The molecule has 0 aromatic heterocycles. The second kappa shape index (κ2) is 5.97. The summed E-state index contributed by atoms with van der Waals surface area (Å²) in [7, 11) is -2.06. The van der Waals surface area contributed by atoms with Gasteiger partial charge in [-0.3, -0.25) is 4.79 Å². The molecule has 1 aromatic carbocycles. The van der Waals surface area contributed by atoms with Crippen LogP contribution >= 0.6 is 0 Å². The van der Waals surface area contributed by atoms with Crippen LogP contribution in [0.15, 0.2) is 24.3 Å². The summed E-state index contributed by atoms with van der Waals surface area (Å²) in [4.78, 5) is 10.4. The molecule has 0 radical (unpaired) electrons. The average molecular weight is 271 g/mol. The molecule has 0 bridgehead atoms. The molecule has 0 aliphatic heterocycles. The summed E-state index contributed by atoms with van der Waals surface area (Å²) >= 11 is 0. The maximum absolute atomic E-state index is 11.9. The fraction of sp³-hybridized carbons (Fsp3) is 0.417. The third kappa shape index (κ3) is 4.46. The largest absolute Gasteiger partial charge is 0.481 e. The van der Waals surface area contributed by atoms with Gasteiger partial charge in [-0.25, -0.2) is 12.7 Å². The first-order valence-electron chi connectivity index (χ1n) is 5.52. The van der Waals surface area contributed by atoms with Crippen LogP contribution in [0.25, 0.3) is 0 Å². The molecule has 100 valence electrons. The van der Waals surface area contributed by atoms with Gasteiger partial charge in [0, 0.05) is 13.6 Å². The average Bonchev–Trinajstić information content (AvgIpc) is 2.28. The van der Waals surface area contributed by atoms with Crippen molar-refractivity contribution < 1.29 is 18.3 Å². The summed E-state index contributed by atoms with van der Waals surface area (Å²) in [5.74, 6) is -1.11. The Kier molecular flexibility index (Phi) is 4.86. The number of carbonyl (C=O) groups is 1. The Balaban J connectivity index is 2.69. The number of hydrogen-bond acceptors (Lipinski definition) is 3. The van der Waals surface area contributed by atoms with Crippen molar-refractivity contribution in [3.05, 3.63) is 35.4 Å². The Bertz CT molecular complexity index is 507. The molecule has 0 aliphatic rings. The Hall–Kier alpha value is -1.40. The molecule has 0 amide bonds. The minimum Gasteiger partial charge on any atom is -0.481 e. The zero-order valence-corrected chi connectivity index (χ0v) is 11.3. The van der Waals surface area contributed by atoms with Crippen LogP contribution in [-0.2, 0) is 20.6 Å². The molecule has 0 fully saturated rings. The van der Waals surface area contributed by atoms with Gasteiger partial charge in [0.25, 0.3) is 0 Å². The van der Waals surface area contributed by atoms with Gasteiger partial charge in [-0.15, -0.1) is 0 Å². The highest BCUT2D eigenvalue weighted by atomic mass is 32.2. The van der Waals surface area contributed by atoms with E-state index >= 15 is 0 Å². The first kappa shape index (κ1) is 14.7. The van der Waals surface area contributed by atoms with Gasteiger partial charge >= 0.3 is 5.97 Å². The van der Waals surface area contributed by atoms with Gasteiger partial charge in [-0.2, -0.15) is 0 Å². The molecule has 1 rings (SSSR count). The van der Waals surface area contributed by atoms with Crippen LogP contribution < -0.4 is 0 Å². The number of nitrogens with zero attached hydrogens (tertiary/aromatic N) is 1. The Labute approximate surface area is 107 Å². The first-order valence-corrected chi connectivity index (χ1v) is 7.13. The lowest BCUT2D eigenvalue weighted by Gasteiger charge is -2.16. The zero-order chi connectivity index (χ0) is 13.8. The minimum absolute atomic E-state index is 0.0104. The molecule has 0 aliphatic carbocycles. The fourth-order valence-electron chi connectivity index (χ4n) is 1.40. The van der Waals surface area contributed by atoms with E-state index in [9.17, 15) is 13.2 Å². The Morgan fingerprint density at radius 1 is 1.28 bits per heavy atom. The van der Waals surface area contributed by atoms with Crippen molar-refractivity contribution in [1.29, 1.82) is 0 Å². The topological polar surface area (TPSA) is 74.7 Å². The molecule has 0 heterocycles. The first-order chi connectivity index (χ1) is 8.31. The number of carboxylic acid groups (broad SMARTS) is 1. The summed E-state index contributed by atoms with van der Waals surface area (Å²) < 4.78 is 24.9. The molecule has 18 heavy (non-hydrogen) atoms. The highest BCUT2D eigenvalue weighted by Crippen LogP contribution is 2.11. The quantitative estimate of drug-likeness (QED) is 0.844. The number of aliphatic carboxylic acids is 1. The second-order valence-corrected chi connectivity index (χ2v) is 6.28. The van der Waals surface area contributed by atoms with Crippen LogP contribution in [0.4, 0.5) is 0 Å². The zero-order valence-electron chi connectivity index (χ0n) is 10.5. The molecule has 6 heteroatoms. The monoisotopic (exact) mass is 271 g/mol. The fourth-order valence-corrected chi connectivity index (χ4v) is 2.60. The molecular formula is C12H17NO4S. The maximum Gasteiger partial charge on any atom is 0.304 e. The summed E-state index contributed by atoms with van der Waals surface area (Å²) in [5.41, 5.74) is 1.76. The van der Waals surface area contributed by atoms with Crippen molar-refractivity contribution in [3.8, 4) is 0 Å². The summed E-state index contributed by atoms with van der Waals surface area (Å²) in [6.07, 6.45) is -0.191. The van der Waals surface area contributed by atoms with Gasteiger partial charge in [0.1, 0.15) is 0 Å². The number of hydrogen-bond donors (Lipinski definition) is 1. The van der Waals surface area contributed by atoms with Crippen LogP contribution in [0, 0.1) is 6.92 Å². The predicted molar refractivity (Wildman–Crippen MR) is 68.7 cm³/mol. The van der Waals surface area contributed by atoms with Crippen molar-refractivity contribution in [2.24, 2.45) is 0 Å².